The number of imide groups is 1. The summed E-state index contributed by atoms with van der Waals surface area (Å²) in [5.74, 6) is -2.11. The summed E-state index contributed by atoms with van der Waals surface area (Å²) in [7, 11) is 0. The Kier molecular flexibility index (Phi) is 4.40. The predicted octanol–water partition coefficient (Wildman–Crippen LogP) is 2.46. The summed E-state index contributed by atoms with van der Waals surface area (Å²) in [5, 5.41) is -1.58. The minimum Gasteiger partial charge on any atom is -0.281 e. The molecule has 1 aliphatic rings. The molecule has 0 radical (unpaired) electrons. The van der Waals surface area contributed by atoms with Gasteiger partial charge in [-0.25, -0.2) is 0 Å². The molecule has 0 aliphatic carbocycles. The third kappa shape index (κ3) is 2.66. The van der Waals surface area contributed by atoms with Gasteiger partial charge in [-0.05, 0) is 35.3 Å². The minimum atomic E-state index is -1.30. The fourth-order valence-electron chi connectivity index (χ4n) is 2.31. The molecule has 0 bridgehead atoms. The summed E-state index contributed by atoms with van der Waals surface area (Å²) in [6.07, 6.45) is 0. The van der Waals surface area contributed by atoms with Gasteiger partial charge in [0, 0.05) is 6.54 Å². The molecule has 2 amide bonds. The van der Waals surface area contributed by atoms with Crippen LogP contribution in [0.15, 0.2) is 24.3 Å². The van der Waals surface area contributed by atoms with Crippen LogP contribution >= 0.6 is 23.2 Å². The maximum atomic E-state index is 12.3. The van der Waals surface area contributed by atoms with Crippen molar-refractivity contribution in [1.29, 1.82) is 0 Å². The maximum Gasteiger partial charge on any atom is 0.261 e. The highest BCUT2D eigenvalue weighted by molar-refractivity contribution is 6.67. The molecule has 0 spiro atoms. The molecule has 0 N–H and O–H groups in total. The molecule has 22 heavy (non-hydrogen) atoms. The van der Waals surface area contributed by atoms with Crippen molar-refractivity contribution < 1.29 is 19.2 Å². The summed E-state index contributed by atoms with van der Waals surface area (Å²) in [4.78, 5) is 48.7. The van der Waals surface area contributed by atoms with E-state index in [0.717, 1.165) is 4.90 Å². The summed E-state index contributed by atoms with van der Waals surface area (Å²) >= 11 is 11.1. The second kappa shape index (κ2) is 5.82. The van der Waals surface area contributed by atoms with Crippen LogP contribution in [0.4, 0.5) is 0 Å². The molecule has 1 aromatic carbocycles. The number of fused-ring (bicyclic) bond motifs is 1. The molecular formula is C15H13Cl2NO4. The highest BCUT2D eigenvalue weighted by atomic mass is 35.5. The fourth-order valence-corrected chi connectivity index (χ4v) is 2.78. The molecule has 0 saturated heterocycles. The lowest BCUT2D eigenvalue weighted by molar-refractivity contribution is -0.129. The number of amides is 2. The van der Waals surface area contributed by atoms with E-state index in [1.54, 1.807) is 12.1 Å². The van der Waals surface area contributed by atoms with E-state index in [9.17, 15) is 19.2 Å². The highest BCUT2D eigenvalue weighted by Gasteiger charge is 2.45. The topological polar surface area (TPSA) is 71.5 Å². The van der Waals surface area contributed by atoms with Crippen molar-refractivity contribution in [3.05, 3.63) is 35.4 Å². The van der Waals surface area contributed by atoms with E-state index >= 15 is 0 Å². The largest absolute Gasteiger partial charge is 0.281 e. The van der Waals surface area contributed by atoms with E-state index in [0.29, 0.717) is 0 Å². The average molecular weight is 342 g/mol. The van der Waals surface area contributed by atoms with Crippen LogP contribution in [0.1, 0.15) is 34.6 Å². The first-order chi connectivity index (χ1) is 10.2. The van der Waals surface area contributed by atoms with E-state index < -0.39 is 33.6 Å². The number of carbonyl (C=O) groups is 4. The van der Waals surface area contributed by atoms with Gasteiger partial charge in [0.25, 0.3) is 11.8 Å². The number of hydrogen-bond donors (Lipinski definition) is 0. The summed E-state index contributed by atoms with van der Waals surface area (Å²) in [6, 6.07) is 6.35. The van der Waals surface area contributed by atoms with Crippen LogP contribution < -0.4 is 0 Å². The third-order valence-corrected chi connectivity index (χ3v) is 4.65. The first kappa shape index (κ1) is 16.6. The van der Waals surface area contributed by atoms with Gasteiger partial charge in [-0.1, -0.05) is 26.0 Å². The van der Waals surface area contributed by atoms with Crippen molar-refractivity contribution in [2.24, 2.45) is 11.3 Å². The molecule has 0 fully saturated rings. The number of halogens is 2. The molecule has 5 nitrogen and oxygen atoms in total. The number of carbonyl (C=O) groups excluding carboxylic acids is 4. The normalized spacial score (nSPS) is 15.7. The lowest BCUT2D eigenvalue weighted by Gasteiger charge is -2.30. The van der Waals surface area contributed by atoms with E-state index in [1.165, 1.54) is 26.0 Å². The Balaban J connectivity index is 2.34. The Bertz CT molecular complexity index is 649. The Hall–Kier alpha value is -1.72. The second-order valence-electron chi connectivity index (χ2n) is 5.62. The van der Waals surface area contributed by atoms with Crippen molar-refractivity contribution >= 4 is 45.5 Å². The van der Waals surface area contributed by atoms with Crippen molar-refractivity contribution in [3.8, 4) is 0 Å². The zero-order chi connectivity index (χ0) is 16.7. The van der Waals surface area contributed by atoms with Gasteiger partial charge >= 0.3 is 0 Å². The van der Waals surface area contributed by atoms with Gasteiger partial charge in [0.05, 0.1) is 22.5 Å². The zero-order valence-electron chi connectivity index (χ0n) is 11.9. The molecule has 1 atom stereocenters. The molecule has 1 aliphatic heterocycles. The van der Waals surface area contributed by atoms with Crippen LogP contribution in [0.3, 0.4) is 0 Å². The Morgan fingerprint density at radius 1 is 1.09 bits per heavy atom. The highest BCUT2D eigenvalue weighted by Crippen LogP contribution is 2.34. The van der Waals surface area contributed by atoms with Gasteiger partial charge in [0.15, 0.2) is 0 Å². The molecule has 1 heterocycles. The lowest BCUT2D eigenvalue weighted by Crippen LogP contribution is -2.44. The Morgan fingerprint density at radius 3 is 1.91 bits per heavy atom. The van der Waals surface area contributed by atoms with Gasteiger partial charge in [0.1, 0.15) is 0 Å². The summed E-state index contributed by atoms with van der Waals surface area (Å²) in [5.41, 5.74) is -0.762. The molecule has 2 rings (SSSR count). The number of nitrogens with zero attached hydrogens (tertiary/aromatic N) is 1. The molecule has 0 saturated carbocycles. The minimum absolute atomic E-state index is 0.267. The smallest absolute Gasteiger partial charge is 0.261 e. The maximum absolute atomic E-state index is 12.3. The van der Waals surface area contributed by atoms with Gasteiger partial charge in [-0.3, -0.25) is 24.1 Å². The average Bonchev–Trinajstić information content (AvgIpc) is 2.68. The molecule has 1 unspecified atom stereocenters. The Morgan fingerprint density at radius 2 is 1.55 bits per heavy atom. The third-order valence-electron chi connectivity index (χ3n) is 3.90. The fraction of sp³-hybridized carbons (Fsp3) is 0.333. The van der Waals surface area contributed by atoms with Gasteiger partial charge in [-0.2, -0.15) is 0 Å². The van der Waals surface area contributed by atoms with Crippen LogP contribution in [0.25, 0.3) is 0 Å². The van der Waals surface area contributed by atoms with Crippen LogP contribution in [-0.4, -0.2) is 33.7 Å². The van der Waals surface area contributed by atoms with Crippen molar-refractivity contribution in [2.45, 2.75) is 13.8 Å². The van der Waals surface area contributed by atoms with Gasteiger partial charge in [-0.15, -0.1) is 0 Å². The summed E-state index contributed by atoms with van der Waals surface area (Å²) < 4.78 is 0. The van der Waals surface area contributed by atoms with E-state index in [1.807, 2.05) is 0 Å². The Labute approximate surface area is 137 Å². The number of rotatable bonds is 5. The van der Waals surface area contributed by atoms with E-state index in [4.69, 9.17) is 23.2 Å². The zero-order valence-corrected chi connectivity index (χ0v) is 13.4. The van der Waals surface area contributed by atoms with Gasteiger partial charge < -0.3 is 0 Å². The van der Waals surface area contributed by atoms with Crippen LogP contribution in [0.5, 0.6) is 0 Å². The first-order valence-electron chi connectivity index (χ1n) is 6.52. The first-order valence-corrected chi connectivity index (χ1v) is 7.28. The second-order valence-corrected chi connectivity index (χ2v) is 6.33. The van der Waals surface area contributed by atoms with E-state index in [-0.39, 0.29) is 17.7 Å². The molecular weight excluding hydrogens is 329 g/mol. The molecule has 0 aromatic heterocycles. The van der Waals surface area contributed by atoms with Crippen molar-refractivity contribution in [3.63, 3.8) is 0 Å². The van der Waals surface area contributed by atoms with Crippen molar-refractivity contribution in [1.82, 2.24) is 4.90 Å². The van der Waals surface area contributed by atoms with E-state index in [2.05, 4.69) is 0 Å². The van der Waals surface area contributed by atoms with Crippen LogP contribution in [0.2, 0.25) is 0 Å². The molecule has 7 heteroatoms. The predicted molar refractivity (Wildman–Crippen MR) is 80.8 cm³/mol. The quantitative estimate of drug-likeness (QED) is 0.609. The SMILES string of the molecule is CC(C)(C(=O)Cl)C(CN1C(=O)c2ccccc2C1=O)C(=O)Cl. The monoisotopic (exact) mass is 341 g/mol. The van der Waals surface area contributed by atoms with Crippen molar-refractivity contribution in [2.75, 3.05) is 6.54 Å². The van der Waals surface area contributed by atoms with Crippen LogP contribution in [-0.2, 0) is 9.59 Å². The lowest BCUT2D eigenvalue weighted by atomic mass is 9.80. The number of benzene rings is 1. The standard InChI is InChI=1S/C15H13Cl2NO4/c1-15(2,14(17)22)10(11(16)19)7-18-12(20)8-5-3-4-6-9(8)13(18)21/h3-6,10H,7H2,1-2H3. The molecule has 1 aromatic rings. The number of hydrogen-bond acceptors (Lipinski definition) is 4. The van der Waals surface area contributed by atoms with Crippen LogP contribution in [0, 0.1) is 11.3 Å². The molecule has 116 valence electrons. The summed E-state index contributed by atoms with van der Waals surface area (Å²) in [6.45, 7) is 2.61. The van der Waals surface area contributed by atoms with Gasteiger partial charge in [0.2, 0.25) is 10.5 Å².